The minimum atomic E-state index is -3.90. The van der Waals surface area contributed by atoms with Gasteiger partial charge in [-0.1, -0.05) is 17.7 Å². The van der Waals surface area contributed by atoms with Gasteiger partial charge in [-0.2, -0.15) is 13.5 Å². The highest BCUT2D eigenvalue weighted by Gasteiger charge is 2.18. The fourth-order valence-electron chi connectivity index (χ4n) is 3.80. The number of aryl methyl sites for hydroxylation is 1. The first-order valence-corrected chi connectivity index (χ1v) is 13.3. The lowest BCUT2D eigenvalue weighted by Gasteiger charge is -2.12. The van der Waals surface area contributed by atoms with Crippen LogP contribution < -0.4 is 14.8 Å². The first-order chi connectivity index (χ1) is 18.9. The van der Waals surface area contributed by atoms with E-state index in [2.05, 4.69) is 25.4 Å². The Bertz CT molecular complexity index is 1680. The molecule has 3 aromatic heterocycles. The zero-order valence-corrected chi connectivity index (χ0v) is 22.3. The van der Waals surface area contributed by atoms with Gasteiger partial charge in [-0.3, -0.25) is 4.18 Å². The molecular weight excluding hydrogens is 524 g/mol. The number of aromatic nitrogens is 5. The molecule has 12 nitrogen and oxygen atoms in total. The van der Waals surface area contributed by atoms with Crippen molar-refractivity contribution >= 4 is 21.6 Å². The van der Waals surface area contributed by atoms with Crippen LogP contribution >= 0.6 is 0 Å². The maximum Gasteiger partial charge on any atom is 0.296 e. The molecule has 202 valence electrons. The van der Waals surface area contributed by atoms with Crippen molar-refractivity contribution in [3.05, 3.63) is 78.1 Å². The summed E-state index contributed by atoms with van der Waals surface area (Å²) in [4.78, 5) is 13.5. The second-order valence-electron chi connectivity index (χ2n) is 8.48. The van der Waals surface area contributed by atoms with Crippen LogP contribution in [0, 0.1) is 6.92 Å². The van der Waals surface area contributed by atoms with Gasteiger partial charge < -0.3 is 19.2 Å². The highest BCUT2D eigenvalue weighted by molar-refractivity contribution is 7.86. The average Bonchev–Trinajstić information content (AvgIpc) is 3.62. The topological polar surface area (TPSA) is 143 Å². The van der Waals surface area contributed by atoms with Crippen LogP contribution in [0.4, 0.5) is 5.82 Å². The number of hydrogen-bond acceptors (Lipinski definition) is 11. The summed E-state index contributed by atoms with van der Waals surface area (Å²) < 4.78 is 48.0. The molecule has 0 spiro atoms. The van der Waals surface area contributed by atoms with Gasteiger partial charge >= 0.3 is 0 Å². The van der Waals surface area contributed by atoms with Crippen LogP contribution in [0.3, 0.4) is 0 Å². The molecule has 0 aliphatic heterocycles. The smallest absolute Gasteiger partial charge is 0.296 e. The molecule has 0 saturated heterocycles. The fraction of sp³-hybridized carbons (Fsp3) is 0.231. The zero-order chi connectivity index (χ0) is 27.4. The second-order valence-corrected chi connectivity index (χ2v) is 10.1. The summed E-state index contributed by atoms with van der Waals surface area (Å²) in [5.41, 5.74) is 2.70. The van der Waals surface area contributed by atoms with Crippen molar-refractivity contribution in [3.63, 3.8) is 0 Å². The van der Waals surface area contributed by atoms with E-state index < -0.39 is 10.1 Å². The first-order valence-electron chi connectivity index (χ1n) is 11.9. The van der Waals surface area contributed by atoms with Crippen molar-refractivity contribution < 1.29 is 26.5 Å². The molecule has 2 aromatic carbocycles. The summed E-state index contributed by atoms with van der Waals surface area (Å²) in [6.45, 7) is 2.12. The molecule has 13 heteroatoms. The molecule has 5 aromatic rings. The number of nitrogens with one attached hydrogen (secondary N) is 1. The van der Waals surface area contributed by atoms with Gasteiger partial charge in [0, 0.05) is 24.6 Å². The Morgan fingerprint density at radius 2 is 1.87 bits per heavy atom. The number of methoxy groups -OCH3 is 2. The van der Waals surface area contributed by atoms with Gasteiger partial charge in [0.25, 0.3) is 10.1 Å². The van der Waals surface area contributed by atoms with E-state index in [4.69, 9.17) is 18.1 Å². The van der Waals surface area contributed by atoms with E-state index in [1.807, 2.05) is 19.1 Å². The van der Waals surface area contributed by atoms with Crippen molar-refractivity contribution in [3.8, 4) is 23.1 Å². The Labute approximate surface area is 224 Å². The minimum absolute atomic E-state index is 0.0938. The van der Waals surface area contributed by atoms with Gasteiger partial charge in [-0.05, 0) is 31.2 Å². The molecule has 0 aliphatic rings. The third-order valence-corrected chi connectivity index (χ3v) is 7.16. The van der Waals surface area contributed by atoms with Crippen LogP contribution in [0.15, 0.2) is 70.4 Å². The lowest BCUT2D eigenvalue weighted by atomic mass is 10.2. The number of hydrogen-bond donors (Lipinski definition) is 1. The van der Waals surface area contributed by atoms with Crippen molar-refractivity contribution in [1.29, 1.82) is 0 Å². The predicted octanol–water partition coefficient (Wildman–Crippen LogP) is 3.67. The van der Waals surface area contributed by atoms with Gasteiger partial charge in [-0.15, -0.1) is 0 Å². The number of ether oxygens (including phenoxy) is 2. The molecule has 0 saturated carbocycles. The van der Waals surface area contributed by atoms with E-state index in [9.17, 15) is 8.42 Å². The maximum atomic E-state index is 12.5. The molecule has 1 N–H and O–H groups in total. The Hall–Kier alpha value is -4.49. The Morgan fingerprint density at radius 3 is 2.59 bits per heavy atom. The molecule has 0 radical (unpaired) electrons. The number of rotatable bonds is 11. The number of anilines is 1. The average molecular weight is 551 g/mol. The molecule has 0 aliphatic carbocycles. The summed E-state index contributed by atoms with van der Waals surface area (Å²) >= 11 is 0. The van der Waals surface area contributed by atoms with Crippen LogP contribution in [-0.2, 0) is 27.3 Å². The SMILES string of the molecule is COc1ccc(CNc2nc(-c3ncco3)cn3nc(CCOS(=O)(=O)c4ccc(C)cc4)nc23)c(OC)c1. The van der Waals surface area contributed by atoms with Crippen molar-refractivity contribution in [2.75, 3.05) is 26.1 Å². The lowest BCUT2D eigenvalue weighted by molar-refractivity contribution is 0.319. The Balaban J connectivity index is 1.38. The Kier molecular flexibility index (Phi) is 7.43. The van der Waals surface area contributed by atoms with Crippen LogP contribution in [-0.4, -0.2) is 53.8 Å². The normalized spacial score (nSPS) is 11.6. The molecule has 39 heavy (non-hydrogen) atoms. The predicted molar refractivity (Wildman–Crippen MR) is 141 cm³/mol. The van der Waals surface area contributed by atoms with E-state index in [1.54, 1.807) is 43.1 Å². The largest absolute Gasteiger partial charge is 0.497 e. The molecule has 0 unspecified atom stereocenters. The molecule has 0 fully saturated rings. The van der Waals surface area contributed by atoms with Crippen LogP contribution in [0.5, 0.6) is 11.5 Å². The number of oxazole rings is 1. The van der Waals surface area contributed by atoms with Gasteiger partial charge in [0.05, 0.1) is 38.1 Å². The molecular formula is C26H26N6O6S. The first kappa shape index (κ1) is 26.1. The summed E-state index contributed by atoms with van der Waals surface area (Å²) in [5.74, 6) is 2.44. The highest BCUT2D eigenvalue weighted by atomic mass is 32.2. The van der Waals surface area contributed by atoms with Crippen LogP contribution in [0.2, 0.25) is 0 Å². The molecule has 5 rings (SSSR count). The van der Waals surface area contributed by atoms with E-state index >= 15 is 0 Å². The monoisotopic (exact) mass is 550 g/mol. The maximum absolute atomic E-state index is 12.5. The summed E-state index contributed by atoms with van der Waals surface area (Å²) in [7, 11) is -0.723. The zero-order valence-electron chi connectivity index (χ0n) is 21.5. The minimum Gasteiger partial charge on any atom is -0.497 e. The van der Waals surface area contributed by atoms with Crippen LogP contribution in [0.1, 0.15) is 17.0 Å². The Morgan fingerprint density at radius 1 is 1.05 bits per heavy atom. The van der Waals surface area contributed by atoms with Crippen LogP contribution in [0.25, 0.3) is 17.2 Å². The molecule has 0 atom stereocenters. The lowest BCUT2D eigenvalue weighted by Crippen LogP contribution is -2.09. The fourth-order valence-corrected chi connectivity index (χ4v) is 4.71. The van der Waals surface area contributed by atoms with Crippen molar-refractivity contribution in [1.82, 2.24) is 24.6 Å². The standard InChI is InChI=1S/C26H26N6O6S/c1-17-4-8-20(9-5-17)39(33,34)38-12-10-23-30-25-24(28-15-18-6-7-19(35-2)14-22(18)36-3)29-21(16-32(25)31-23)26-27-11-13-37-26/h4-9,11,13-14,16H,10,12,15H2,1-3H3,(H,28,29). The molecule has 0 bridgehead atoms. The van der Waals surface area contributed by atoms with Crippen molar-refractivity contribution in [2.45, 2.75) is 24.8 Å². The van der Waals surface area contributed by atoms with E-state index in [0.29, 0.717) is 46.9 Å². The summed E-state index contributed by atoms with van der Waals surface area (Å²) in [5, 5.41) is 7.79. The number of benzene rings is 2. The number of nitrogens with zero attached hydrogens (tertiary/aromatic N) is 5. The third-order valence-electron chi connectivity index (χ3n) is 5.83. The third kappa shape index (κ3) is 5.84. The molecule has 0 amide bonds. The second kappa shape index (κ2) is 11.1. The van der Waals surface area contributed by atoms with E-state index in [1.165, 1.54) is 24.6 Å². The van der Waals surface area contributed by atoms with Gasteiger partial charge in [0.15, 0.2) is 17.3 Å². The van der Waals surface area contributed by atoms with Gasteiger partial charge in [0.2, 0.25) is 5.89 Å². The quantitative estimate of drug-likeness (QED) is 0.241. The summed E-state index contributed by atoms with van der Waals surface area (Å²) in [6.07, 6.45) is 4.78. The van der Waals surface area contributed by atoms with E-state index in [-0.39, 0.29) is 17.9 Å². The van der Waals surface area contributed by atoms with Gasteiger partial charge in [-0.25, -0.2) is 19.5 Å². The van der Waals surface area contributed by atoms with Crippen molar-refractivity contribution in [2.24, 2.45) is 0 Å². The van der Waals surface area contributed by atoms with E-state index in [0.717, 1.165) is 11.1 Å². The van der Waals surface area contributed by atoms with Gasteiger partial charge in [0.1, 0.15) is 23.5 Å². The highest BCUT2D eigenvalue weighted by Crippen LogP contribution is 2.27. The summed E-state index contributed by atoms with van der Waals surface area (Å²) in [6, 6.07) is 12.0. The molecule has 3 heterocycles. The number of fused-ring (bicyclic) bond motifs is 1.